The van der Waals surface area contributed by atoms with Gasteiger partial charge < -0.3 is 20.7 Å². The van der Waals surface area contributed by atoms with Gasteiger partial charge in [0.1, 0.15) is 6.10 Å². The SMILES string of the molecule is CC[C@@H](/C=N\NC(=O)NCC1CCC(C(=O)NC)CC1)NC(=O)[C@H]1CC[C@H](OC(C)=O)C1. The molecule has 0 aromatic rings. The van der Waals surface area contributed by atoms with Crippen LogP contribution in [0.15, 0.2) is 5.10 Å². The summed E-state index contributed by atoms with van der Waals surface area (Å²) in [5.74, 6) is -0.0664. The number of hydrazone groups is 1. The molecule has 10 nitrogen and oxygen atoms in total. The second kappa shape index (κ2) is 13.0. The van der Waals surface area contributed by atoms with Gasteiger partial charge in [-0.1, -0.05) is 6.92 Å². The monoisotopic (exact) mass is 451 g/mol. The molecule has 0 aliphatic heterocycles. The van der Waals surface area contributed by atoms with Crippen LogP contribution in [0.5, 0.6) is 0 Å². The van der Waals surface area contributed by atoms with E-state index in [1.165, 1.54) is 13.1 Å². The van der Waals surface area contributed by atoms with Crippen LogP contribution in [0.1, 0.15) is 65.2 Å². The van der Waals surface area contributed by atoms with E-state index in [2.05, 4.69) is 26.5 Å². The van der Waals surface area contributed by atoms with Crippen molar-refractivity contribution in [3.05, 3.63) is 0 Å². The lowest BCUT2D eigenvalue weighted by molar-refractivity contribution is -0.146. The normalized spacial score (nSPS) is 26.2. The molecule has 2 saturated carbocycles. The minimum absolute atomic E-state index is 0.0765. The third-order valence-electron chi connectivity index (χ3n) is 6.29. The van der Waals surface area contributed by atoms with Gasteiger partial charge in [-0.15, -0.1) is 0 Å². The van der Waals surface area contributed by atoms with Crippen molar-refractivity contribution in [3.8, 4) is 0 Å². The molecule has 0 heterocycles. The highest BCUT2D eigenvalue weighted by atomic mass is 16.5. The van der Waals surface area contributed by atoms with Crippen LogP contribution in [-0.2, 0) is 19.1 Å². The molecule has 2 rings (SSSR count). The maximum atomic E-state index is 12.5. The number of nitrogens with one attached hydrogen (secondary N) is 4. The summed E-state index contributed by atoms with van der Waals surface area (Å²) in [4.78, 5) is 47.2. The van der Waals surface area contributed by atoms with E-state index in [1.807, 2.05) is 6.92 Å². The summed E-state index contributed by atoms with van der Waals surface area (Å²) in [7, 11) is 1.66. The summed E-state index contributed by atoms with van der Waals surface area (Å²) in [5, 5.41) is 12.4. The van der Waals surface area contributed by atoms with Crippen molar-refractivity contribution in [2.24, 2.45) is 22.9 Å². The number of carbonyl (C=O) groups is 4. The fourth-order valence-electron chi connectivity index (χ4n) is 4.36. The van der Waals surface area contributed by atoms with Crippen molar-refractivity contribution in [2.75, 3.05) is 13.6 Å². The van der Waals surface area contributed by atoms with Gasteiger partial charge >= 0.3 is 12.0 Å². The molecule has 10 heteroatoms. The highest BCUT2D eigenvalue weighted by molar-refractivity contribution is 5.83. The summed E-state index contributed by atoms with van der Waals surface area (Å²) in [6.45, 7) is 3.83. The topological polar surface area (TPSA) is 138 Å². The number of rotatable bonds is 9. The Labute approximate surface area is 189 Å². The van der Waals surface area contributed by atoms with Crippen LogP contribution in [0.3, 0.4) is 0 Å². The molecule has 2 aliphatic rings. The van der Waals surface area contributed by atoms with Gasteiger partial charge in [0.2, 0.25) is 11.8 Å². The first-order chi connectivity index (χ1) is 15.3. The maximum Gasteiger partial charge on any atom is 0.335 e. The van der Waals surface area contributed by atoms with Crippen molar-refractivity contribution in [1.82, 2.24) is 21.4 Å². The van der Waals surface area contributed by atoms with Gasteiger partial charge in [0.25, 0.3) is 0 Å². The Morgan fingerprint density at radius 3 is 2.34 bits per heavy atom. The Morgan fingerprint density at radius 1 is 1.03 bits per heavy atom. The Morgan fingerprint density at radius 2 is 1.72 bits per heavy atom. The van der Waals surface area contributed by atoms with Crippen LogP contribution in [0.25, 0.3) is 0 Å². The number of nitrogens with zero attached hydrogens (tertiary/aromatic N) is 1. The number of esters is 1. The average molecular weight is 452 g/mol. The quantitative estimate of drug-likeness (QED) is 0.239. The van der Waals surface area contributed by atoms with Gasteiger partial charge in [-0.05, 0) is 57.3 Å². The lowest BCUT2D eigenvalue weighted by Gasteiger charge is -2.27. The van der Waals surface area contributed by atoms with Gasteiger partial charge in [-0.3, -0.25) is 14.4 Å². The van der Waals surface area contributed by atoms with Crippen LogP contribution in [0.4, 0.5) is 4.79 Å². The Balaban J connectivity index is 1.65. The third-order valence-corrected chi connectivity index (χ3v) is 6.29. The zero-order chi connectivity index (χ0) is 23.5. The summed E-state index contributed by atoms with van der Waals surface area (Å²) in [6, 6.07) is -0.688. The molecule has 0 aromatic heterocycles. The molecule has 2 fully saturated rings. The highest BCUT2D eigenvalue weighted by Crippen LogP contribution is 2.29. The Hall–Kier alpha value is -2.65. The summed E-state index contributed by atoms with van der Waals surface area (Å²) >= 11 is 0. The molecule has 0 radical (unpaired) electrons. The predicted molar refractivity (Wildman–Crippen MR) is 120 cm³/mol. The molecular formula is C22H37N5O5. The first-order valence-corrected chi connectivity index (χ1v) is 11.6. The zero-order valence-electron chi connectivity index (χ0n) is 19.3. The number of amides is 4. The van der Waals surface area contributed by atoms with E-state index in [1.54, 1.807) is 7.05 Å². The fourth-order valence-corrected chi connectivity index (χ4v) is 4.36. The Kier molecular flexibility index (Phi) is 10.4. The minimum Gasteiger partial charge on any atom is -0.463 e. The largest absolute Gasteiger partial charge is 0.463 e. The summed E-state index contributed by atoms with van der Waals surface area (Å²) in [6.07, 6.45) is 7.36. The van der Waals surface area contributed by atoms with Crippen molar-refractivity contribution >= 4 is 30.0 Å². The molecule has 4 N–H and O–H groups in total. The summed E-state index contributed by atoms with van der Waals surface area (Å²) < 4.78 is 5.18. The van der Waals surface area contributed by atoms with Crippen LogP contribution in [-0.4, -0.2) is 55.8 Å². The van der Waals surface area contributed by atoms with Crippen molar-refractivity contribution in [1.29, 1.82) is 0 Å². The van der Waals surface area contributed by atoms with Crippen LogP contribution < -0.4 is 21.4 Å². The number of ether oxygens (including phenoxy) is 1. The lowest BCUT2D eigenvalue weighted by atomic mass is 9.81. The van der Waals surface area contributed by atoms with Crippen LogP contribution in [0, 0.1) is 17.8 Å². The van der Waals surface area contributed by atoms with Crippen molar-refractivity contribution in [3.63, 3.8) is 0 Å². The molecule has 180 valence electrons. The molecule has 3 atom stereocenters. The van der Waals surface area contributed by atoms with E-state index in [0.717, 1.165) is 25.7 Å². The van der Waals surface area contributed by atoms with E-state index < -0.39 is 6.03 Å². The van der Waals surface area contributed by atoms with E-state index in [4.69, 9.17) is 4.74 Å². The number of hydrogen-bond donors (Lipinski definition) is 4. The fraction of sp³-hybridized carbons (Fsp3) is 0.773. The molecule has 32 heavy (non-hydrogen) atoms. The van der Waals surface area contributed by atoms with Crippen molar-refractivity contribution in [2.45, 2.75) is 77.4 Å². The van der Waals surface area contributed by atoms with Crippen LogP contribution in [0.2, 0.25) is 0 Å². The zero-order valence-corrected chi connectivity index (χ0v) is 19.3. The smallest absolute Gasteiger partial charge is 0.335 e. The van der Waals surface area contributed by atoms with Gasteiger partial charge in [-0.25, -0.2) is 10.2 Å². The van der Waals surface area contributed by atoms with E-state index >= 15 is 0 Å². The van der Waals surface area contributed by atoms with Gasteiger partial charge in [-0.2, -0.15) is 5.10 Å². The molecule has 0 bridgehead atoms. The molecule has 0 aromatic carbocycles. The molecular weight excluding hydrogens is 414 g/mol. The predicted octanol–water partition coefficient (Wildman–Crippen LogP) is 1.45. The number of carbonyl (C=O) groups excluding carboxylic acids is 4. The molecule has 0 spiro atoms. The van der Waals surface area contributed by atoms with Gasteiger partial charge in [0.05, 0.1) is 6.04 Å². The second-order valence-corrected chi connectivity index (χ2v) is 8.70. The first kappa shape index (κ1) is 25.6. The number of hydrogen-bond acceptors (Lipinski definition) is 6. The molecule has 0 saturated heterocycles. The molecule has 4 amide bonds. The summed E-state index contributed by atoms with van der Waals surface area (Å²) in [5.41, 5.74) is 2.44. The van der Waals surface area contributed by atoms with Gasteiger partial charge in [0.15, 0.2) is 0 Å². The third kappa shape index (κ3) is 8.47. The standard InChI is InChI=1S/C22H37N5O5/c1-4-18(26-21(30)17-9-10-19(11-17)32-14(2)28)13-25-27-22(31)24-12-15-5-7-16(8-6-15)20(29)23-3/h13,15-19H,4-12H2,1-3H3,(H,23,29)(H,26,30)(H2,24,27,31)/b25-13-/t15?,16?,17-,18-,19-/m0/s1. The van der Waals surface area contributed by atoms with E-state index in [-0.39, 0.29) is 41.8 Å². The maximum absolute atomic E-state index is 12.5. The van der Waals surface area contributed by atoms with Crippen molar-refractivity contribution < 1.29 is 23.9 Å². The minimum atomic E-state index is -0.393. The lowest BCUT2D eigenvalue weighted by Crippen LogP contribution is -2.41. The Bertz CT molecular complexity index is 690. The highest BCUT2D eigenvalue weighted by Gasteiger charge is 2.32. The van der Waals surface area contributed by atoms with E-state index in [9.17, 15) is 19.2 Å². The van der Waals surface area contributed by atoms with Gasteiger partial charge in [0, 0.05) is 38.6 Å². The van der Waals surface area contributed by atoms with Crippen LogP contribution >= 0.6 is 0 Å². The first-order valence-electron chi connectivity index (χ1n) is 11.6. The molecule has 0 unspecified atom stereocenters. The average Bonchev–Trinajstić information content (AvgIpc) is 3.24. The number of urea groups is 1. The van der Waals surface area contributed by atoms with E-state index in [0.29, 0.717) is 38.1 Å². The molecule has 2 aliphatic carbocycles. The second-order valence-electron chi connectivity index (χ2n) is 8.70.